The van der Waals surface area contributed by atoms with Gasteiger partial charge < -0.3 is 33.3 Å². The van der Waals surface area contributed by atoms with Crippen LogP contribution in [0.4, 0.5) is 17.1 Å². The van der Waals surface area contributed by atoms with Crippen molar-refractivity contribution in [2.24, 2.45) is 0 Å². The third-order valence-corrected chi connectivity index (χ3v) is 17.7. The lowest BCUT2D eigenvalue weighted by Crippen LogP contribution is -2.34. The molecule has 7 aromatic carbocycles. The number of benzene rings is 7. The molecule has 8 aromatic rings. The van der Waals surface area contributed by atoms with Crippen molar-refractivity contribution in [3.8, 4) is 28.3 Å². The van der Waals surface area contributed by atoms with E-state index in [1.54, 1.807) is 0 Å². The quantitative estimate of drug-likeness (QED) is 0.0847. The van der Waals surface area contributed by atoms with Gasteiger partial charge in [-0.3, -0.25) is 0 Å². The van der Waals surface area contributed by atoms with Crippen LogP contribution in [0.15, 0.2) is 241 Å². The smallest absolute Gasteiger partial charge is 0.125 e. The van der Waals surface area contributed by atoms with Crippen molar-refractivity contribution < 1.29 is 18.9 Å². The number of fused-ring (bicyclic) bond motifs is 7. The zero-order valence-electron chi connectivity index (χ0n) is 45.6. The van der Waals surface area contributed by atoms with Crippen LogP contribution in [0.25, 0.3) is 39.4 Å². The van der Waals surface area contributed by atoms with Gasteiger partial charge in [0.25, 0.3) is 0 Å². The number of nitrogens with zero attached hydrogens (tertiary/aromatic N) is 3. The average molecular weight is 1060 g/mol. The zero-order valence-corrected chi connectivity index (χ0v) is 45.6. The number of hydrogen-bond acceptors (Lipinski definition) is 6. The molecule has 0 spiro atoms. The summed E-state index contributed by atoms with van der Waals surface area (Å²) >= 11 is 0. The van der Waals surface area contributed by atoms with Crippen LogP contribution in [-0.2, 0) is 22.3 Å². The first-order valence-corrected chi connectivity index (χ1v) is 29.3. The molecule has 0 saturated carbocycles. The predicted molar refractivity (Wildman–Crippen MR) is 329 cm³/mol. The predicted octanol–water partition coefficient (Wildman–Crippen LogP) is 16.7. The second-order valence-corrected chi connectivity index (χ2v) is 22.4. The van der Waals surface area contributed by atoms with Gasteiger partial charge in [-0.05, 0) is 136 Å². The highest BCUT2D eigenvalue weighted by atomic mass is 16.5. The molecule has 0 saturated heterocycles. The van der Waals surface area contributed by atoms with Crippen molar-refractivity contribution >= 4 is 39.6 Å². The number of aryl methyl sites for hydroxylation is 1. The Bertz CT molecular complexity index is 3920. The van der Waals surface area contributed by atoms with Gasteiger partial charge in [-0.2, -0.15) is 0 Å². The van der Waals surface area contributed by atoms with Crippen LogP contribution in [0.3, 0.4) is 0 Å². The Morgan fingerprint density at radius 3 is 2.12 bits per heavy atom. The molecule has 81 heavy (non-hydrogen) atoms. The summed E-state index contributed by atoms with van der Waals surface area (Å²) in [6.07, 6.45) is 30.6. The van der Waals surface area contributed by atoms with E-state index in [9.17, 15) is 0 Å². The highest BCUT2D eigenvalue weighted by Crippen LogP contribution is 2.51. The summed E-state index contributed by atoms with van der Waals surface area (Å²) in [7, 11) is 0. The molecule has 400 valence electrons. The van der Waals surface area contributed by atoms with E-state index in [0.717, 1.165) is 62.1 Å². The highest BCUT2D eigenvalue weighted by Gasteiger charge is 2.38. The van der Waals surface area contributed by atoms with Crippen LogP contribution in [0.1, 0.15) is 77.6 Å². The Labute approximate surface area is 475 Å². The van der Waals surface area contributed by atoms with Crippen molar-refractivity contribution in [3.63, 3.8) is 0 Å². The van der Waals surface area contributed by atoms with E-state index < -0.39 is 0 Å². The van der Waals surface area contributed by atoms with Crippen molar-refractivity contribution in [1.29, 1.82) is 0 Å². The van der Waals surface area contributed by atoms with E-state index in [2.05, 4.69) is 239 Å². The summed E-state index contributed by atoms with van der Waals surface area (Å²) in [5.41, 5.74) is 21.7. The molecule has 0 bridgehead atoms. The Morgan fingerprint density at radius 2 is 1.32 bits per heavy atom. The van der Waals surface area contributed by atoms with Gasteiger partial charge in [0, 0.05) is 70.8 Å². The molecule has 5 atom stereocenters. The van der Waals surface area contributed by atoms with Crippen LogP contribution in [-0.4, -0.2) is 49.2 Å². The van der Waals surface area contributed by atoms with E-state index in [1.165, 1.54) is 95.0 Å². The fraction of sp³-hybridized carbons (Fsp3) is 0.216. The lowest BCUT2D eigenvalue weighted by Gasteiger charge is -2.36. The Balaban J connectivity index is 0.725. The summed E-state index contributed by atoms with van der Waals surface area (Å²) in [4.78, 5) is 5.08. The first-order valence-electron chi connectivity index (χ1n) is 29.3. The lowest BCUT2D eigenvalue weighted by atomic mass is 9.79. The van der Waals surface area contributed by atoms with Gasteiger partial charge in [-0.25, -0.2) is 0 Å². The molecule has 15 rings (SSSR count). The van der Waals surface area contributed by atoms with E-state index >= 15 is 0 Å². The van der Waals surface area contributed by atoms with Gasteiger partial charge in [0.15, 0.2) is 0 Å². The second-order valence-electron chi connectivity index (χ2n) is 22.4. The number of para-hydroxylation sites is 2. The Morgan fingerprint density at radius 1 is 0.568 bits per heavy atom. The maximum absolute atomic E-state index is 6.55. The van der Waals surface area contributed by atoms with E-state index in [1.807, 2.05) is 6.07 Å². The van der Waals surface area contributed by atoms with Crippen LogP contribution >= 0.6 is 0 Å². The minimum atomic E-state index is 0.0835. The molecule has 7 heteroatoms. The molecule has 0 radical (unpaired) electrons. The summed E-state index contributed by atoms with van der Waals surface area (Å²) < 4.78 is 28.2. The highest BCUT2D eigenvalue weighted by molar-refractivity contribution is 5.92. The van der Waals surface area contributed by atoms with Crippen LogP contribution < -0.4 is 19.3 Å². The monoisotopic (exact) mass is 1060 g/mol. The second kappa shape index (κ2) is 21.5. The number of aromatic nitrogens is 1. The van der Waals surface area contributed by atoms with Crippen molar-refractivity contribution in [2.45, 2.75) is 75.2 Å². The van der Waals surface area contributed by atoms with Crippen LogP contribution in [0.5, 0.6) is 11.5 Å². The largest absolute Gasteiger partial charge is 0.491 e. The third kappa shape index (κ3) is 9.38. The molecule has 1 aromatic heterocycles. The average Bonchev–Trinajstić information content (AvgIpc) is 4.27. The minimum Gasteiger partial charge on any atom is -0.491 e. The molecule has 7 aliphatic rings. The van der Waals surface area contributed by atoms with Crippen LogP contribution in [0, 0.1) is 0 Å². The number of ether oxygens (including phenoxy) is 4. The molecule has 7 nitrogen and oxygen atoms in total. The van der Waals surface area contributed by atoms with Gasteiger partial charge >= 0.3 is 0 Å². The van der Waals surface area contributed by atoms with Gasteiger partial charge in [0.05, 0.1) is 48.7 Å². The Kier molecular flexibility index (Phi) is 13.1. The van der Waals surface area contributed by atoms with E-state index in [0.29, 0.717) is 26.4 Å². The van der Waals surface area contributed by atoms with Crippen molar-refractivity contribution in [2.75, 3.05) is 36.2 Å². The standard InChI is InChI=1S/C74H65N3O4/c1-3-15-50(16-4-1)51-27-32-57(33-28-51)75(59-36-37-67-65-23-11-13-25-69(65)76(72(67)48-59)56-19-5-2-6-20-56)58-34-29-52(30-35-58)53-31-38-71-68(43-53)66-24-12-14-26-70(66)77(71)60-46-61(78-39-41-80-73-44-54-17-7-9-21-63(54)73)49-62(47-60)79-40-42-81-74-45-55-18-8-10-22-64(55)74/h1-9,11-21,23-32,34-35,38,43,46-49,57,66,70,73-74H,10,22,33,36-37,39-42,44-45H2. The molecular formula is C74H65N3O4. The number of anilines is 3. The normalized spacial score (nSPS) is 20.8. The third-order valence-electron chi connectivity index (χ3n) is 17.7. The van der Waals surface area contributed by atoms with E-state index in [4.69, 9.17) is 18.9 Å². The van der Waals surface area contributed by atoms with Gasteiger partial charge in [0.2, 0.25) is 0 Å². The number of allylic oxidation sites excluding steroid dienone is 7. The molecule has 0 N–H and O–H groups in total. The van der Waals surface area contributed by atoms with Gasteiger partial charge in [-0.15, -0.1) is 0 Å². The topological polar surface area (TPSA) is 48.3 Å². The summed E-state index contributed by atoms with van der Waals surface area (Å²) in [6, 6.07) is 62.0. The van der Waals surface area contributed by atoms with Crippen LogP contribution in [0.2, 0.25) is 0 Å². The molecule has 0 fully saturated rings. The van der Waals surface area contributed by atoms with Crippen molar-refractivity contribution in [1.82, 2.24) is 4.57 Å². The fourth-order valence-electron chi connectivity index (χ4n) is 13.7. The maximum Gasteiger partial charge on any atom is 0.125 e. The molecule has 6 aliphatic carbocycles. The lowest BCUT2D eigenvalue weighted by molar-refractivity contribution is 0.0194. The summed E-state index contributed by atoms with van der Waals surface area (Å²) in [6.45, 7) is 1.91. The Hall–Kier alpha value is -8.62. The first kappa shape index (κ1) is 49.4. The SMILES string of the molecule is C1=CC2c3cc(-c4ccc(N(C5=Cc6c(c7ccccc7n6-c6ccccc6)CC5)C5C=CC(c6ccccc6)=CC5)cc4)ccc3N(c3cc(OCCOC4CC5=C4CCC=C5)cc(OCCOC4Cc5ccccc54)c3)C2C=C1. The first-order chi connectivity index (χ1) is 40.1. The number of rotatable bonds is 17. The molecule has 2 heterocycles. The molecular weight excluding hydrogens is 995 g/mol. The zero-order chi connectivity index (χ0) is 53.6. The minimum absolute atomic E-state index is 0.0835. The maximum atomic E-state index is 6.55. The molecule has 5 unspecified atom stereocenters. The molecule has 1 aliphatic heterocycles. The van der Waals surface area contributed by atoms with Gasteiger partial charge in [-0.1, -0.05) is 164 Å². The molecule has 0 amide bonds. The van der Waals surface area contributed by atoms with Crippen molar-refractivity contribution in [3.05, 3.63) is 275 Å². The summed E-state index contributed by atoms with van der Waals surface area (Å²) in [5.74, 6) is 1.69. The summed E-state index contributed by atoms with van der Waals surface area (Å²) in [5, 5.41) is 1.34. The van der Waals surface area contributed by atoms with Gasteiger partial charge in [0.1, 0.15) is 24.7 Å². The number of hydrogen-bond donors (Lipinski definition) is 0. The fourth-order valence-corrected chi connectivity index (χ4v) is 13.7. The van der Waals surface area contributed by atoms with E-state index in [-0.39, 0.29) is 30.2 Å².